The van der Waals surface area contributed by atoms with Gasteiger partial charge in [0.15, 0.2) is 0 Å². The summed E-state index contributed by atoms with van der Waals surface area (Å²) in [5, 5.41) is 12.5. The van der Waals surface area contributed by atoms with Crippen molar-refractivity contribution in [2.75, 3.05) is 7.11 Å². The SMILES string of the molecule is COc1ccc(C(=O)N[C@@H](Cc2ccncc2)C2CC(O)C2)c(F)c1. The van der Waals surface area contributed by atoms with E-state index in [0.29, 0.717) is 25.0 Å². The van der Waals surface area contributed by atoms with E-state index in [4.69, 9.17) is 4.74 Å². The summed E-state index contributed by atoms with van der Waals surface area (Å²) in [7, 11) is 1.45. The van der Waals surface area contributed by atoms with Crippen molar-refractivity contribution in [3.05, 3.63) is 59.7 Å². The quantitative estimate of drug-likeness (QED) is 0.844. The van der Waals surface area contributed by atoms with Crippen molar-refractivity contribution >= 4 is 5.91 Å². The Morgan fingerprint density at radius 3 is 2.68 bits per heavy atom. The zero-order valence-electron chi connectivity index (χ0n) is 14.0. The van der Waals surface area contributed by atoms with E-state index in [0.717, 1.165) is 5.56 Å². The maximum atomic E-state index is 14.1. The van der Waals surface area contributed by atoms with Crippen molar-refractivity contribution < 1.29 is 19.0 Å². The highest BCUT2D eigenvalue weighted by molar-refractivity contribution is 5.94. The van der Waals surface area contributed by atoms with E-state index in [9.17, 15) is 14.3 Å². The predicted octanol–water partition coefficient (Wildman–Crippen LogP) is 2.34. The molecule has 1 aromatic carbocycles. The van der Waals surface area contributed by atoms with Crippen molar-refractivity contribution in [3.63, 3.8) is 0 Å². The van der Waals surface area contributed by atoms with Crippen LogP contribution >= 0.6 is 0 Å². The lowest BCUT2D eigenvalue weighted by Gasteiger charge is -2.38. The number of carbonyl (C=O) groups is 1. The van der Waals surface area contributed by atoms with Gasteiger partial charge in [-0.25, -0.2) is 4.39 Å². The summed E-state index contributed by atoms with van der Waals surface area (Å²) in [5.41, 5.74) is 1.03. The molecule has 132 valence electrons. The third kappa shape index (κ3) is 4.14. The highest BCUT2D eigenvalue weighted by Gasteiger charge is 2.35. The summed E-state index contributed by atoms with van der Waals surface area (Å²) in [6.07, 6.45) is 4.98. The third-order valence-corrected chi connectivity index (χ3v) is 4.66. The first-order chi connectivity index (χ1) is 12.1. The molecule has 1 amide bonds. The number of amides is 1. The molecule has 25 heavy (non-hydrogen) atoms. The number of aromatic nitrogens is 1. The van der Waals surface area contributed by atoms with Gasteiger partial charge in [0.2, 0.25) is 0 Å². The Hall–Kier alpha value is -2.47. The van der Waals surface area contributed by atoms with Gasteiger partial charge in [0.1, 0.15) is 11.6 Å². The Kier molecular flexibility index (Phi) is 5.28. The van der Waals surface area contributed by atoms with Crippen molar-refractivity contribution in [3.8, 4) is 5.75 Å². The summed E-state index contributed by atoms with van der Waals surface area (Å²) in [4.78, 5) is 16.5. The second-order valence-electron chi connectivity index (χ2n) is 6.37. The van der Waals surface area contributed by atoms with Gasteiger partial charge >= 0.3 is 0 Å². The Labute approximate surface area is 145 Å². The number of aliphatic hydroxyl groups is 1. The number of ether oxygens (including phenoxy) is 1. The Morgan fingerprint density at radius 1 is 1.36 bits per heavy atom. The van der Waals surface area contributed by atoms with Crippen molar-refractivity contribution in [2.45, 2.75) is 31.4 Å². The van der Waals surface area contributed by atoms with Crippen LogP contribution in [0.3, 0.4) is 0 Å². The smallest absolute Gasteiger partial charge is 0.254 e. The molecule has 5 nitrogen and oxygen atoms in total. The number of benzene rings is 1. The Bertz CT molecular complexity index is 733. The van der Waals surface area contributed by atoms with Crippen LogP contribution in [0, 0.1) is 11.7 Å². The molecule has 0 aliphatic heterocycles. The molecule has 1 atom stereocenters. The van der Waals surface area contributed by atoms with Crippen LogP contribution in [0.2, 0.25) is 0 Å². The van der Waals surface area contributed by atoms with E-state index in [-0.39, 0.29) is 23.6 Å². The summed E-state index contributed by atoms with van der Waals surface area (Å²) in [6, 6.07) is 7.79. The number of hydrogen-bond acceptors (Lipinski definition) is 4. The fraction of sp³-hybridized carbons (Fsp3) is 0.368. The van der Waals surface area contributed by atoms with Gasteiger partial charge in [0.25, 0.3) is 5.91 Å². The van der Waals surface area contributed by atoms with Gasteiger partial charge in [-0.05, 0) is 55.0 Å². The van der Waals surface area contributed by atoms with E-state index >= 15 is 0 Å². The van der Waals surface area contributed by atoms with Crippen molar-refractivity contribution in [1.82, 2.24) is 10.3 Å². The number of rotatable bonds is 6. The summed E-state index contributed by atoms with van der Waals surface area (Å²) < 4.78 is 19.1. The molecular weight excluding hydrogens is 323 g/mol. The molecular formula is C19H21FN2O3. The summed E-state index contributed by atoms with van der Waals surface area (Å²) >= 11 is 0. The largest absolute Gasteiger partial charge is 0.497 e. The number of methoxy groups -OCH3 is 1. The highest BCUT2D eigenvalue weighted by atomic mass is 19.1. The van der Waals surface area contributed by atoms with Gasteiger partial charge in [-0.2, -0.15) is 0 Å². The first-order valence-electron chi connectivity index (χ1n) is 8.28. The van der Waals surface area contributed by atoms with Gasteiger partial charge in [-0.3, -0.25) is 9.78 Å². The fourth-order valence-electron chi connectivity index (χ4n) is 3.12. The molecule has 3 rings (SSSR count). The highest BCUT2D eigenvalue weighted by Crippen LogP contribution is 2.32. The molecule has 0 radical (unpaired) electrons. The van der Waals surface area contributed by atoms with Gasteiger partial charge in [0, 0.05) is 24.5 Å². The summed E-state index contributed by atoms with van der Waals surface area (Å²) in [6.45, 7) is 0. The molecule has 0 spiro atoms. The number of pyridine rings is 1. The fourth-order valence-corrected chi connectivity index (χ4v) is 3.12. The third-order valence-electron chi connectivity index (χ3n) is 4.66. The van der Waals surface area contributed by atoms with Crippen LogP contribution < -0.4 is 10.1 Å². The lowest BCUT2D eigenvalue weighted by molar-refractivity contribution is 0.0239. The number of aliphatic hydroxyl groups excluding tert-OH is 1. The van der Waals surface area contributed by atoms with Crippen LogP contribution in [-0.2, 0) is 6.42 Å². The first kappa shape index (κ1) is 17.4. The van der Waals surface area contributed by atoms with Gasteiger partial charge in [-0.15, -0.1) is 0 Å². The first-order valence-corrected chi connectivity index (χ1v) is 8.28. The molecule has 1 aliphatic carbocycles. The maximum absolute atomic E-state index is 14.1. The van der Waals surface area contributed by atoms with Crippen molar-refractivity contribution in [1.29, 1.82) is 0 Å². The van der Waals surface area contributed by atoms with Crippen LogP contribution in [0.1, 0.15) is 28.8 Å². The number of nitrogens with one attached hydrogen (secondary N) is 1. The minimum atomic E-state index is -0.617. The summed E-state index contributed by atoms with van der Waals surface area (Å²) in [5.74, 6) is -0.535. The maximum Gasteiger partial charge on any atom is 0.254 e. The average molecular weight is 344 g/mol. The normalized spacial score (nSPS) is 20.4. The van der Waals surface area contributed by atoms with Crippen LogP contribution in [0.5, 0.6) is 5.75 Å². The molecule has 1 aromatic heterocycles. The Morgan fingerprint density at radius 2 is 2.08 bits per heavy atom. The second kappa shape index (κ2) is 7.61. The number of hydrogen-bond donors (Lipinski definition) is 2. The standard InChI is InChI=1S/C19H21FN2O3/c1-25-15-2-3-16(17(20)11-15)19(24)22-18(13-9-14(23)10-13)8-12-4-6-21-7-5-12/h2-7,11,13-14,18,23H,8-10H2,1H3,(H,22,24)/t13?,14?,18-/m0/s1. The molecule has 6 heteroatoms. The van der Waals surface area contributed by atoms with E-state index in [1.54, 1.807) is 18.5 Å². The minimum Gasteiger partial charge on any atom is -0.497 e. The molecule has 2 N–H and O–H groups in total. The zero-order valence-corrected chi connectivity index (χ0v) is 14.0. The second-order valence-corrected chi connectivity index (χ2v) is 6.37. The minimum absolute atomic E-state index is 0.0135. The molecule has 1 heterocycles. The lowest BCUT2D eigenvalue weighted by Crippen LogP contribution is -2.48. The molecule has 1 aliphatic rings. The topological polar surface area (TPSA) is 71.5 Å². The zero-order chi connectivity index (χ0) is 17.8. The molecule has 0 saturated heterocycles. The van der Waals surface area contributed by atoms with Gasteiger partial charge < -0.3 is 15.2 Å². The van der Waals surface area contributed by atoms with Crippen molar-refractivity contribution in [2.24, 2.45) is 5.92 Å². The van der Waals surface area contributed by atoms with E-state index in [1.165, 1.54) is 19.2 Å². The lowest BCUT2D eigenvalue weighted by atomic mass is 9.75. The predicted molar refractivity (Wildman–Crippen MR) is 90.9 cm³/mol. The number of carbonyl (C=O) groups excluding carboxylic acids is 1. The van der Waals surface area contributed by atoms with Crippen LogP contribution in [0.4, 0.5) is 4.39 Å². The molecule has 1 fully saturated rings. The van der Waals surface area contributed by atoms with Gasteiger partial charge in [-0.1, -0.05) is 0 Å². The van der Waals surface area contributed by atoms with Gasteiger partial charge in [0.05, 0.1) is 18.8 Å². The number of halogens is 1. The van der Waals surface area contributed by atoms with E-state index in [1.807, 2.05) is 12.1 Å². The molecule has 2 aromatic rings. The monoisotopic (exact) mass is 344 g/mol. The van der Waals surface area contributed by atoms with Crippen LogP contribution in [0.15, 0.2) is 42.7 Å². The Balaban J connectivity index is 1.74. The van der Waals surface area contributed by atoms with Crippen LogP contribution in [-0.4, -0.2) is 35.3 Å². The van der Waals surface area contributed by atoms with E-state index in [2.05, 4.69) is 10.3 Å². The number of nitrogens with zero attached hydrogens (tertiary/aromatic N) is 1. The van der Waals surface area contributed by atoms with E-state index < -0.39 is 11.7 Å². The molecule has 1 saturated carbocycles. The molecule has 0 bridgehead atoms. The van der Waals surface area contributed by atoms with Crippen LogP contribution in [0.25, 0.3) is 0 Å². The average Bonchev–Trinajstić information content (AvgIpc) is 2.59. The molecule has 0 unspecified atom stereocenters.